The normalized spacial score (nSPS) is 9.38. The Balaban J connectivity index is 3.16. The van der Waals surface area contributed by atoms with Crippen molar-refractivity contribution in [3.63, 3.8) is 0 Å². The van der Waals surface area contributed by atoms with Crippen LogP contribution in [0.25, 0.3) is 0 Å². The highest BCUT2D eigenvalue weighted by atomic mass is 35.5. The van der Waals surface area contributed by atoms with Crippen LogP contribution >= 0.6 is 23.2 Å². The van der Waals surface area contributed by atoms with Crippen molar-refractivity contribution in [2.45, 2.75) is 6.42 Å². The third kappa shape index (κ3) is 2.27. The van der Waals surface area contributed by atoms with Crippen molar-refractivity contribution < 1.29 is 4.74 Å². The van der Waals surface area contributed by atoms with Crippen LogP contribution in [0.4, 0.5) is 0 Å². The SMILES string of the molecule is COc1cc(Cl)c(CC#N)c(Cl)c1. The Morgan fingerprint density at radius 3 is 2.31 bits per heavy atom. The van der Waals surface area contributed by atoms with Crippen LogP contribution in [0, 0.1) is 11.3 Å². The van der Waals surface area contributed by atoms with Gasteiger partial charge in [0.2, 0.25) is 0 Å². The van der Waals surface area contributed by atoms with E-state index in [9.17, 15) is 0 Å². The first kappa shape index (κ1) is 10.2. The zero-order valence-electron chi connectivity index (χ0n) is 6.97. The Morgan fingerprint density at radius 1 is 1.38 bits per heavy atom. The van der Waals surface area contributed by atoms with Crippen LogP contribution < -0.4 is 4.74 Å². The van der Waals surface area contributed by atoms with E-state index in [1.807, 2.05) is 6.07 Å². The standard InChI is InChI=1S/C9H7Cl2NO/c1-13-6-4-8(10)7(2-3-12)9(11)5-6/h4-5H,2H2,1H3. The molecule has 0 fully saturated rings. The van der Waals surface area contributed by atoms with Crippen molar-refractivity contribution in [2.75, 3.05) is 7.11 Å². The molecule has 1 aromatic carbocycles. The van der Waals surface area contributed by atoms with Crippen molar-refractivity contribution in [1.82, 2.24) is 0 Å². The van der Waals surface area contributed by atoms with Gasteiger partial charge in [0, 0.05) is 15.6 Å². The molecule has 0 bridgehead atoms. The number of rotatable bonds is 2. The fourth-order valence-corrected chi connectivity index (χ4v) is 1.55. The molecule has 0 saturated carbocycles. The predicted octanol–water partition coefficient (Wildman–Crippen LogP) is 3.07. The Hall–Kier alpha value is -0.910. The van der Waals surface area contributed by atoms with Gasteiger partial charge in [0.15, 0.2) is 0 Å². The molecule has 1 rings (SSSR count). The van der Waals surface area contributed by atoms with Crippen LogP contribution in [-0.2, 0) is 6.42 Å². The highest BCUT2D eigenvalue weighted by molar-refractivity contribution is 6.36. The molecular weight excluding hydrogens is 209 g/mol. The Kier molecular flexibility index (Phi) is 3.41. The van der Waals surface area contributed by atoms with Crippen molar-refractivity contribution in [3.8, 4) is 11.8 Å². The van der Waals surface area contributed by atoms with E-state index in [0.29, 0.717) is 21.4 Å². The summed E-state index contributed by atoms with van der Waals surface area (Å²) in [7, 11) is 1.53. The summed E-state index contributed by atoms with van der Waals surface area (Å²) in [6.07, 6.45) is 0.210. The van der Waals surface area contributed by atoms with Crippen molar-refractivity contribution >= 4 is 23.2 Å². The smallest absolute Gasteiger partial charge is 0.121 e. The number of benzene rings is 1. The third-order valence-corrected chi connectivity index (χ3v) is 2.28. The minimum atomic E-state index is 0.210. The van der Waals surface area contributed by atoms with Gasteiger partial charge in [0.1, 0.15) is 5.75 Å². The topological polar surface area (TPSA) is 33.0 Å². The van der Waals surface area contributed by atoms with E-state index in [1.165, 1.54) is 7.11 Å². The fraction of sp³-hybridized carbons (Fsp3) is 0.222. The molecule has 0 radical (unpaired) electrons. The van der Waals surface area contributed by atoms with Crippen molar-refractivity contribution in [1.29, 1.82) is 5.26 Å². The molecule has 0 spiro atoms. The van der Waals surface area contributed by atoms with E-state index < -0.39 is 0 Å². The summed E-state index contributed by atoms with van der Waals surface area (Å²) in [4.78, 5) is 0. The van der Waals surface area contributed by atoms with E-state index in [4.69, 9.17) is 33.2 Å². The largest absolute Gasteiger partial charge is 0.497 e. The number of nitriles is 1. The van der Waals surface area contributed by atoms with Gasteiger partial charge in [-0.15, -0.1) is 0 Å². The molecule has 0 aliphatic carbocycles. The van der Waals surface area contributed by atoms with Crippen molar-refractivity contribution in [3.05, 3.63) is 27.7 Å². The molecule has 2 nitrogen and oxygen atoms in total. The van der Waals surface area contributed by atoms with Gasteiger partial charge in [-0.3, -0.25) is 0 Å². The monoisotopic (exact) mass is 215 g/mol. The van der Waals surface area contributed by atoms with Crippen LogP contribution in [0.15, 0.2) is 12.1 Å². The van der Waals surface area contributed by atoms with Crippen LogP contribution in [0.1, 0.15) is 5.56 Å². The molecule has 0 atom stereocenters. The number of halogens is 2. The zero-order valence-corrected chi connectivity index (χ0v) is 8.49. The van der Waals surface area contributed by atoms with Gasteiger partial charge in [-0.05, 0) is 12.1 Å². The van der Waals surface area contributed by atoms with E-state index in [2.05, 4.69) is 0 Å². The number of hydrogen-bond donors (Lipinski definition) is 0. The summed E-state index contributed by atoms with van der Waals surface area (Å²) in [6.45, 7) is 0. The van der Waals surface area contributed by atoms with Gasteiger partial charge in [0.05, 0.1) is 19.6 Å². The summed E-state index contributed by atoms with van der Waals surface area (Å²) in [6, 6.07) is 5.27. The molecule has 0 aromatic heterocycles. The number of ether oxygens (including phenoxy) is 1. The molecule has 0 N–H and O–H groups in total. The summed E-state index contributed by atoms with van der Waals surface area (Å²) in [5, 5.41) is 9.42. The Morgan fingerprint density at radius 2 is 1.92 bits per heavy atom. The number of hydrogen-bond acceptors (Lipinski definition) is 2. The first-order valence-electron chi connectivity index (χ1n) is 3.58. The summed E-state index contributed by atoms with van der Waals surface area (Å²) >= 11 is 11.8. The van der Waals surface area contributed by atoms with Crippen molar-refractivity contribution in [2.24, 2.45) is 0 Å². The first-order valence-corrected chi connectivity index (χ1v) is 4.33. The Bertz CT molecular complexity index is 334. The molecule has 4 heteroatoms. The quantitative estimate of drug-likeness (QED) is 0.760. The molecule has 0 aliphatic rings. The van der Waals surface area contributed by atoms with Crippen LogP contribution in [0.2, 0.25) is 10.0 Å². The predicted molar refractivity (Wildman–Crippen MR) is 52.3 cm³/mol. The first-order chi connectivity index (χ1) is 6.19. The van der Waals surface area contributed by atoms with Crippen LogP contribution in [0.3, 0.4) is 0 Å². The lowest BCUT2D eigenvalue weighted by atomic mass is 10.1. The van der Waals surface area contributed by atoms with Gasteiger partial charge in [-0.2, -0.15) is 5.26 Å². The maximum atomic E-state index is 8.50. The van der Waals surface area contributed by atoms with Crippen LogP contribution in [0.5, 0.6) is 5.75 Å². The van der Waals surface area contributed by atoms with Crippen LogP contribution in [-0.4, -0.2) is 7.11 Å². The van der Waals surface area contributed by atoms with E-state index >= 15 is 0 Å². The molecule has 1 aromatic rings. The molecule has 13 heavy (non-hydrogen) atoms. The number of nitrogens with zero attached hydrogens (tertiary/aromatic N) is 1. The van der Waals surface area contributed by atoms with E-state index in [-0.39, 0.29) is 6.42 Å². The second kappa shape index (κ2) is 4.36. The van der Waals surface area contributed by atoms with Gasteiger partial charge in [0.25, 0.3) is 0 Å². The van der Waals surface area contributed by atoms with Gasteiger partial charge in [-0.25, -0.2) is 0 Å². The Labute approximate surface area is 86.6 Å². The van der Waals surface area contributed by atoms with E-state index in [1.54, 1.807) is 12.1 Å². The molecule has 0 heterocycles. The van der Waals surface area contributed by atoms with Gasteiger partial charge < -0.3 is 4.74 Å². The summed E-state index contributed by atoms with van der Waals surface area (Å²) < 4.78 is 4.96. The average Bonchev–Trinajstić information content (AvgIpc) is 2.11. The fourth-order valence-electron chi connectivity index (χ4n) is 0.946. The number of methoxy groups -OCH3 is 1. The highest BCUT2D eigenvalue weighted by Crippen LogP contribution is 2.30. The zero-order chi connectivity index (χ0) is 9.84. The maximum absolute atomic E-state index is 8.50. The molecular formula is C9H7Cl2NO. The molecule has 0 unspecified atom stereocenters. The summed E-state index contributed by atoms with van der Waals surface area (Å²) in [5.74, 6) is 0.594. The lowest BCUT2D eigenvalue weighted by molar-refractivity contribution is 0.414. The average molecular weight is 216 g/mol. The third-order valence-electron chi connectivity index (χ3n) is 1.61. The highest BCUT2D eigenvalue weighted by Gasteiger charge is 2.07. The molecule has 0 saturated heterocycles. The van der Waals surface area contributed by atoms with Gasteiger partial charge in [-0.1, -0.05) is 23.2 Å². The second-order valence-corrected chi connectivity index (χ2v) is 3.22. The van der Waals surface area contributed by atoms with Gasteiger partial charge >= 0.3 is 0 Å². The minimum Gasteiger partial charge on any atom is -0.497 e. The van der Waals surface area contributed by atoms with E-state index in [0.717, 1.165) is 0 Å². The lowest BCUT2D eigenvalue weighted by Gasteiger charge is -2.05. The molecule has 0 amide bonds. The molecule has 0 aliphatic heterocycles. The second-order valence-electron chi connectivity index (χ2n) is 2.40. The molecule has 68 valence electrons. The minimum absolute atomic E-state index is 0.210. The lowest BCUT2D eigenvalue weighted by Crippen LogP contribution is -1.89. The summed E-state index contributed by atoms with van der Waals surface area (Å²) in [5.41, 5.74) is 0.645. The maximum Gasteiger partial charge on any atom is 0.121 e.